The highest BCUT2D eigenvalue weighted by Crippen LogP contribution is 2.14. The van der Waals surface area contributed by atoms with Gasteiger partial charge in [-0.3, -0.25) is 0 Å². The molecule has 1 aromatic carbocycles. The Labute approximate surface area is 102 Å². The van der Waals surface area contributed by atoms with E-state index in [9.17, 15) is 4.39 Å². The van der Waals surface area contributed by atoms with Gasteiger partial charge in [0.15, 0.2) is 0 Å². The zero-order valence-corrected chi connectivity index (χ0v) is 9.30. The SMILES string of the molecule is Fc1cccc(OC2CNC2)c1.O=C(O)C(=O)O. The molecule has 7 heteroatoms. The Hall–Kier alpha value is -2.15. The van der Waals surface area contributed by atoms with Gasteiger partial charge < -0.3 is 20.3 Å². The number of hydrogen-bond donors (Lipinski definition) is 3. The van der Waals surface area contributed by atoms with E-state index in [4.69, 9.17) is 24.5 Å². The number of ether oxygens (including phenoxy) is 1. The fraction of sp³-hybridized carbons (Fsp3) is 0.273. The minimum Gasteiger partial charge on any atom is -0.488 e. The van der Waals surface area contributed by atoms with Crippen LogP contribution in [0.1, 0.15) is 0 Å². The number of carboxylic acid groups (broad SMARTS) is 2. The van der Waals surface area contributed by atoms with Gasteiger partial charge >= 0.3 is 11.9 Å². The molecule has 0 amide bonds. The van der Waals surface area contributed by atoms with E-state index >= 15 is 0 Å². The second-order valence-electron chi connectivity index (χ2n) is 3.47. The molecule has 0 aromatic heterocycles. The molecule has 1 aromatic rings. The monoisotopic (exact) mass is 257 g/mol. The third kappa shape index (κ3) is 4.79. The van der Waals surface area contributed by atoms with Gasteiger partial charge in [-0.15, -0.1) is 0 Å². The lowest BCUT2D eigenvalue weighted by Gasteiger charge is -2.27. The van der Waals surface area contributed by atoms with Gasteiger partial charge in [-0.25, -0.2) is 14.0 Å². The van der Waals surface area contributed by atoms with E-state index in [0.717, 1.165) is 13.1 Å². The molecule has 98 valence electrons. The maximum Gasteiger partial charge on any atom is 0.414 e. The highest BCUT2D eigenvalue weighted by atomic mass is 19.1. The van der Waals surface area contributed by atoms with E-state index in [1.165, 1.54) is 12.1 Å². The normalized spacial score (nSPS) is 13.8. The average Bonchev–Trinajstić information content (AvgIpc) is 2.24. The molecule has 0 unspecified atom stereocenters. The van der Waals surface area contributed by atoms with Crippen molar-refractivity contribution >= 4 is 11.9 Å². The maximum atomic E-state index is 12.6. The molecule has 0 aliphatic carbocycles. The van der Waals surface area contributed by atoms with Gasteiger partial charge in [-0.1, -0.05) is 6.07 Å². The summed E-state index contributed by atoms with van der Waals surface area (Å²) in [6, 6.07) is 6.22. The molecule has 1 heterocycles. The molecule has 0 saturated carbocycles. The van der Waals surface area contributed by atoms with Crippen molar-refractivity contribution in [2.75, 3.05) is 13.1 Å². The molecular formula is C11H12FNO5. The molecule has 0 atom stereocenters. The van der Waals surface area contributed by atoms with E-state index < -0.39 is 11.9 Å². The number of benzene rings is 1. The van der Waals surface area contributed by atoms with Gasteiger partial charge in [0.25, 0.3) is 0 Å². The van der Waals surface area contributed by atoms with Crippen LogP contribution in [0.25, 0.3) is 0 Å². The predicted octanol–water partition coefficient (Wildman–Crippen LogP) is 0.332. The Morgan fingerprint density at radius 2 is 1.89 bits per heavy atom. The summed E-state index contributed by atoms with van der Waals surface area (Å²) in [5, 5.41) is 17.9. The van der Waals surface area contributed by atoms with Crippen molar-refractivity contribution in [3.8, 4) is 5.75 Å². The molecule has 18 heavy (non-hydrogen) atoms. The smallest absolute Gasteiger partial charge is 0.414 e. The van der Waals surface area contributed by atoms with Crippen molar-refractivity contribution in [3.63, 3.8) is 0 Å². The van der Waals surface area contributed by atoms with E-state index in [2.05, 4.69) is 5.32 Å². The van der Waals surface area contributed by atoms with E-state index in [0.29, 0.717) is 5.75 Å². The summed E-state index contributed by atoms with van der Waals surface area (Å²) in [6.07, 6.45) is 0.215. The number of carbonyl (C=O) groups is 2. The van der Waals surface area contributed by atoms with Crippen molar-refractivity contribution < 1.29 is 28.9 Å². The zero-order valence-electron chi connectivity index (χ0n) is 9.30. The topological polar surface area (TPSA) is 95.9 Å². The van der Waals surface area contributed by atoms with Crippen molar-refractivity contribution in [1.82, 2.24) is 5.32 Å². The number of halogens is 1. The van der Waals surface area contributed by atoms with Gasteiger partial charge in [-0.05, 0) is 12.1 Å². The number of hydrogen-bond acceptors (Lipinski definition) is 4. The molecule has 0 bridgehead atoms. The molecule has 1 fully saturated rings. The standard InChI is InChI=1S/C9H10FNO.C2H2O4/c10-7-2-1-3-8(4-7)12-9-5-11-6-9;3-1(4)2(5)6/h1-4,9,11H,5-6H2;(H,3,4)(H,5,6). The van der Waals surface area contributed by atoms with Crippen LogP contribution in [0, 0.1) is 5.82 Å². The number of nitrogens with one attached hydrogen (secondary N) is 1. The molecule has 0 radical (unpaired) electrons. The van der Waals surface area contributed by atoms with Crippen molar-refractivity contribution in [3.05, 3.63) is 30.1 Å². The molecule has 0 spiro atoms. The molecule has 1 aliphatic rings. The first-order valence-electron chi connectivity index (χ1n) is 5.08. The van der Waals surface area contributed by atoms with Gasteiger partial charge in [-0.2, -0.15) is 0 Å². The third-order valence-electron chi connectivity index (χ3n) is 2.03. The molecule has 6 nitrogen and oxygen atoms in total. The second kappa shape index (κ2) is 6.55. The Morgan fingerprint density at radius 1 is 1.28 bits per heavy atom. The molecule has 2 rings (SSSR count). The highest BCUT2D eigenvalue weighted by molar-refractivity contribution is 6.27. The highest BCUT2D eigenvalue weighted by Gasteiger charge is 2.17. The predicted molar refractivity (Wildman–Crippen MR) is 59.0 cm³/mol. The van der Waals surface area contributed by atoms with Gasteiger partial charge in [0.1, 0.15) is 17.7 Å². The van der Waals surface area contributed by atoms with Crippen molar-refractivity contribution in [2.45, 2.75) is 6.10 Å². The lowest BCUT2D eigenvalue weighted by molar-refractivity contribution is -0.159. The summed E-state index contributed by atoms with van der Waals surface area (Å²) in [7, 11) is 0. The summed E-state index contributed by atoms with van der Waals surface area (Å²) in [5.41, 5.74) is 0. The van der Waals surface area contributed by atoms with Gasteiger partial charge in [0, 0.05) is 19.2 Å². The summed E-state index contributed by atoms with van der Waals surface area (Å²) in [5.74, 6) is -3.29. The van der Waals surface area contributed by atoms with E-state index in [-0.39, 0.29) is 11.9 Å². The van der Waals surface area contributed by atoms with Crippen LogP contribution in [0.3, 0.4) is 0 Å². The van der Waals surface area contributed by atoms with Crippen LogP contribution in [0.2, 0.25) is 0 Å². The van der Waals surface area contributed by atoms with Crippen LogP contribution in [0.15, 0.2) is 24.3 Å². The number of rotatable bonds is 2. The minimum absolute atomic E-state index is 0.215. The fourth-order valence-corrected chi connectivity index (χ4v) is 1.08. The van der Waals surface area contributed by atoms with E-state index in [1.807, 2.05) is 0 Å². The Bertz CT molecular complexity index is 421. The van der Waals surface area contributed by atoms with Crippen LogP contribution >= 0.6 is 0 Å². The maximum absolute atomic E-state index is 12.6. The van der Waals surface area contributed by atoms with Crippen LogP contribution in [0.5, 0.6) is 5.75 Å². The zero-order chi connectivity index (χ0) is 13.5. The lowest BCUT2D eigenvalue weighted by Crippen LogP contribution is -2.50. The number of carboxylic acids is 2. The first kappa shape index (κ1) is 13.9. The minimum atomic E-state index is -1.82. The van der Waals surface area contributed by atoms with Crippen LogP contribution in [-0.2, 0) is 9.59 Å². The van der Waals surface area contributed by atoms with Crippen LogP contribution < -0.4 is 10.1 Å². The first-order chi connectivity index (χ1) is 8.49. The lowest BCUT2D eigenvalue weighted by atomic mass is 10.2. The molecule has 1 saturated heterocycles. The van der Waals surface area contributed by atoms with Gasteiger partial charge in [0.05, 0.1) is 0 Å². The van der Waals surface area contributed by atoms with Crippen LogP contribution in [-0.4, -0.2) is 41.3 Å². The van der Waals surface area contributed by atoms with Crippen molar-refractivity contribution in [1.29, 1.82) is 0 Å². The molecule has 1 aliphatic heterocycles. The quantitative estimate of drug-likeness (QED) is 0.661. The number of aliphatic carboxylic acids is 2. The summed E-state index contributed by atoms with van der Waals surface area (Å²) >= 11 is 0. The van der Waals surface area contributed by atoms with E-state index in [1.54, 1.807) is 12.1 Å². The fourth-order valence-electron chi connectivity index (χ4n) is 1.08. The third-order valence-corrected chi connectivity index (χ3v) is 2.03. The molecule has 3 N–H and O–H groups in total. The van der Waals surface area contributed by atoms with Crippen LogP contribution in [0.4, 0.5) is 4.39 Å². The first-order valence-corrected chi connectivity index (χ1v) is 5.08. The Kier molecular flexibility index (Phi) is 5.06. The summed E-state index contributed by atoms with van der Waals surface area (Å²) in [6.45, 7) is 1.72. The van der Waals surface area contributed by atoms with Gasteiger partial charge in [0.2, 0.25) is 0 Å². The Morgan fingerprint density at radius 3 is 2.28 bits per heavy atom. The van der Waals surface area contributed by atoms with Crippen molar-refractivity contribution in [2.24, 2.45) is 0 Å². The summed E-state index contributed by atoms with van der Waals surface area (Å²) < 4.78 is 18.1. The molecular weight excluding hydrogens is 245 g/mol. The Balaban J connectivity index is 0.000000232. The summed E-state index contributed by atoms with van der Waals surface area (Å²) in [4.78, 5) is 18.2. The largest absolute Gasteiger partial charge is 0.488 e. The average molecular weight is 257 g/mol. The second-order valence-corrected chi connectivity index (χ2v) is 3.47.